The molecule has 0 bridgehead atoms. The topological polar surface area (TPSA) is 108 Å². The van der Waals surface area contributed by atoms with Gasteiger partial charge in [-0.2, -0.15) is 5.10 Å². The Morgan fingerprint density at radius 3 is 2.77 bits per heavy atom. The summed E-state index contributed by atoms with van der Waals surface area (Å²) in [5.74, 6) is 0.405. The van der Waals surface area contributed by atoms with Gasteiger partial charge in [-0.3, -0.25) is 14.2 Å². The number of aryl methyl sites for hydroxylation is 2. The number of nitrogens with zero attached hydrogens (tertiary/aromatic N) is 6. The van der Waals surface area contributed by atoms with Crippen molar-refractivity contribution in [1.82, 2.24) is 29.5 Å². The van der Waals surface area contributed by atoms with Crippen LogP contribution in [-0.2, 0) is 4.79 Å². The van der Waals surface area contributed by atoms with Crippen molar-refractivity contribution in [2.75, 3.05) is 11.1 Å². The first-order chi connectivity index (χ1) is 14.5. The van der Waals surface area contributed by atoms with Crippen LogP contribution in [0, 0.1) is 13.8 Å². The molecule has 1 aliphatic heterocycles. The zero-order valence-corrected chi connectivity index (χ0v) is 17.8. The Bertz CT molecular complexity index is 1320. The maximum absolute atomic E-state index is 13.2. The molecular formula is C19H17N7O2S2. The fraction of sp³-hybridized carbons (Fsp3) is 0.263. The van der Waals surface area contributed by atoms with Crippen molar-refractivity contribution in [3.63, 3.8) is 0 Å². The van der Waals surface area contributed by atoms with Crippen molar-refractivity contribution < 1.29 is 4.79 Å². The van der Waals surface area contributed by atoms with Gasteiger partial charge in [0.2, 0.25) is 11.0 Å². The molecule has 1 amide bonds. The van der Waals surface area contributed by atoms with Crippen LogP contribution in [0.2, 0.25) is 0 Å². The highest BCUT2D eigenvalue weighted by molar-refractivity contribution is 7.99. The summed E-state index contributed by atoms with van der Waals surface area (Å²) in [7, 11) is 0. The van der Waals surface area contributed by atoms with Gasteiger partial charge < -0.3 is 5.32 Å². The normalized spacial score (nSPS) is 15.5. The molecule has 0 radical (unpaired) electrons. The van der Waals surface area contributed by atoms with E-state index in [4.69, 9.17) is 4.98 Å². The van der Waals surface area contributed by atoms with E-state index in [0.717, 1.165) is 16.3 Å². The van der Waals surface area contributed by atoms with Crippen LogP contribution in [0.1, 0.15) is 23.0 Å². The monoisotopic (exact) mass is 439 g/mol. The van der Waals surface area contributed by atoms with Crippen LogP contribution < -0.4 is 10.9 Å². The third-order valence-electron chi connectivity index (χ3n) is 4.84. The molecule has 0 aliphatic carbocycles. The summed E-state index contributed by atoms with van der Waals surface area (Å²) in [5.41, 5.74) is 2.34. The van der Waals surface area contributed by atoms with Crippen LogP contribution in [0.5, 0.6) is 0 Å². The van der Waals surface area contributed by atoms with Crippen molar-refractivity contribution in [2.24, 2.45) is 0 Å². The number of amides is 1. The van der Waals surface area contributed by atoms with E-state index in [-0.39, 0.29) is 23.9 Å². The Balaban J connectivity index is 1.46. The second-order valence-electron chi connectivity index (χ2n) is 7.04. The van der Waals surface area contributed by atoms with Gasteiger partial charge in [0, 0.05) is 12.2 Å². The third-order valence-corrected chi connectivity index (χ3v) is 6.69. The van der Waals surface area contributed by atoms with E-state index in [1.54, 1.807) is 15.4 Å². The molecule has 0 spiro atoms. The van der Waals surface area contributed by atoms with Gasteiger partial charge >= 0.3 is 0 Å². The lowest BCUT2D eigenvalue weighted by molar-refractivity contribution is -0.116. The standard InChI is InChI=1S/C19H17N7O2S2/c1-10-3-5-12(6-4-10)26-16-14(8-20-26)17(28)25-13(9-29-19(25)22-16)7-15(27)21-18-24-23-11(2)30-18/h3-6,8,13H,7,9H2,1-2H3,(H,21,24,27). The second kappa shape index (κ2) is 7.33. The maximum atomic E-state index is 13.2. The zero-order valence-electron chi connectivity index (χ0n) is 16.2. The van der Waals surface area contributed by atoms with Gasteiger partial charge in [-0.25, -0.2) is 9.67 Å². The van der Waals surface area contributed by atoms with E-state index < -0.39 is 0 Å². The van der Waals surface area contributed by atoms with Gasteiger partial charge in [0.1, 0.15) is 10.4 Å². The van der Waals surface area contributed by atoms with Gasteiger partial charge in [0.05, 0.1) is 17.9 Å². The summed E-state index contributed by atoms with van der Waals surface area (Å²) < 4.78 is 3.29. The highest BCUT2D eigenvalue weighted by Crippen LogP contribution is 2.33. The Labute approximate surface area is 179 Å². The first-order valence-electron chi connectivity index (χ1n) is 9.29. The van der Waals surface area contributed by atoms with Gasteiger partial charge in [-0.1, -0.05) is 40.8 Å². The van der Waals surface area contributed by atoms with Crippen LogP contribution in [0.25, 0.3) is 16.7 Å². The van der Waals surface area contributed by atoms with Gasteiger partial charge in [0.15, 0.2) is 10.8 Å². The molecule has 152 valence electrons. The molecule has 5 rings (SSSR count). The summed E-state index contributed by atoms with van der Waals surface area (Å²) in [5, 5.41) is 17.2. The molecule has 0 fully saturated rings. The number of hydrogen-bond donors (Lipinski definition) is 1. The lowest BCUT2D eigenvalue weighted by Crippen LogP contribution is -2.27. The summed E-state index contributed by atoms with van der Waals surface area (Å²) in [6.07, 6.45) is 1.71. The predicted molar refractivity (Wildman–Crippen MR) is 116 cm³/mol. The van der Waals surface area contributed by atoms with E-state index in [1.807, 2.05) is 38.1 Å². The molecule has 9 nitrogen and oxygen atoms in total. The molecule has 0 saturated carbocycles. The van der Waals surface area contributed by atoms with E-state index in [9.17, 15) is 9.59 Å². The van der Waals surface area contributed by atoms with E-state index in [2.05, 4.69) is 20.6 Å². The summed E-state index contributed by atoms with van der Waals surface area (Å²) in [6.45, 7) is 3.84. The molecule has 4 aromatic rings. The molecular weight excluding hydrogens is 422 g/mol. The van der Waals surface area contributed by atoms with Crippen molar-refractivity contribution in [2.45, 2.75) is 31.5 Å². The lowest BCUT2D eigenvalue weighted by atomic mass is 10.2. The number of nitrogens with one attached hydrogen (secondary N) is 1. The number of rotatable bonds is 4. The number of benzene rings is 1. The Hall–Kier alpha value is -3.05. The van der Waals surface area contributed by atoms with Crippen LogP contribution >= 0.6 is 23.1 Å². The van der Waals surface area contributed by atoms with Crippen LogP contribution in [0.4, 0.5) is 5.13 Å². The number of anilines is 1. The maximum Gasteiger partial charge on any atom is 0.265 e. The van der Waals surface area contributed by atoms with Crippen molar-refractivity contribution in [3.8, 4) is 5.69 Å². The SMILES string of the molecule is Cc1ccc(-n2ncc3c(=O)n4c(nc32)SCC4CC(=O)Nc2nnc(C)s2)cc1. The average molecular weight is 440 g/mol. The van der Waals surface area contributed by atoms with E-state index in [0.29, 0.717) is 27.1 Å². The molecule has 0 saturated heterocycles. The number of hydrogen-bond acceptors (Lipinski definition) is 8. The van der Waals surface area contributed by atoms with Gasteiger partial charge in [-0.15, -0.1) is 10.2 Å². The number of aromatic nitrogens is 6. The van der Waals surface area contributed by atoms with Crippen molar-refractivity contribution >= 4 is 45.2 Å². The zero-order chi connectivity index (χ0) is 20.8. The quantitative estimate of drug-likeness (QED) is 0.487. The van der Waals surface area contributed by atoms with Crippen LogP contribution in [0.15, 0.2) is 40.4 Å². The minimum atomic E-state index is -0.272. The molecule has 1 aromatic carbocycles. The molecule has 4 heterocycles. The molecule has 11 heteroatoms. The van der Waals surface area contributed by atoms with Crippen LogP contribution in [-0.4, -0.2) is 41.2 Å². The Morgan fingerprint density at radius 2 is 2.03 bits per heavy atom. The van der Waals surface area contributed by atoms with E-state index >= 15 is 0 Å². The van der Waals surface area contributed by atoms with Crippen LogP contribution in [0.3, 0.4) is 0 Å². The number of fused-ring (bicyclic) bond motifs is 2. The molecule has 3 aromatic heterocycles. The molecule has 1 N–H and O–H groups in total. The highest BCUT2D eigenvalue weighted by Gasteiger charge is 2.29. The molecule has 30 heavy (non-hydrogen) atoms. The number of carbonyl (C=O) groups excluding carboxylic acids is 1. The molecule has 1 unspecified atom stereocenters. The fourth-order valence-corrected chi connectivity index (χ4v) is 5.13. The number of carbonyl (C=O) groups is 1. The fourth-order valence-electron chi connectivity index (χ4n) is 3.39. The van der Waals surface area contributed by atoms with Crippen molar-refractivity contribution in [3.05, 3.63) is 51.4 Å². The highest BCUT2D eigenvalue weighted by atomic mass is 32.2. The Kier molecular flexibility index (Phi) is 4.63. The second-order valence-corrected chi connectivity index (χ2v) is 9.21. The smallest absolute Gasteiger partial charge is 0.265 e. The summed E-state index contributed by atoms with van der Waals surface area (Å²) in [4.78, 5) is 30.3. The van der Waals surface area contributed by atoms with Gasteiger partial charge in [0.25, 0.3) is 5.56 Å². The largest absolute Gasteiger partial charge is 0.300 e. The molecule has 1 aliphatic rings. The van der Waals surface area contributed by atoms with E-state index in [1.165, 1.54) is 23.1 Å². The first-order valence-corrected chi connectivity index (χ1v) is 11.1. The minimum Gasteiger partial charge on any atom is -0.300 e. The van der Waals surface area contributed by atoms with Gasteiger partial charge in [-0.05, 0) is 26.0 Å². The lowest BCUT2D eigenvalue weighted by Gasteiger charge is -2.12. The number of thioether (sulfide) groups is 1. The summed E-state index contributed by atoms with van der Waals surface area (Å²) in [6, 6.07) is 7.61. The minimum absolute atomic E-state index is 0.165. The summed E-state index contributed by atoms with van der Waals surface area (Å²) >= 11 is 2.79. The first kappa shape index (κ1) is 18.9. The third kappa shape index (κ3) is 3.29. The van der Waals surface area contributed by atoms with Crippen molar-refractivity contribution in [1.29, 1.82) is 0 Å². The predicted octanol–water partition coefficient (Wildman–Crippen LogP) is 2.73. The molecule has 1 atom stereocenters. The Morgan fingerprint density at radius 1 is 1.23 bits per heavy atom. The average Bonchev–Trinajstić information content (AvgIpc) is 3.42.